The number of ether oxygens (including phenoxy) is 2. The number of hydrogen-bond donors (Lipinski definition) is 5. The molecule has 20 heteroatoms. The van der Waals surface area contributed by atoms with Crippen LogP contribution in [-0.2, 0) is 57.6 Å². The van der Waals surface area contributed by atoms with Gasteiger partial charge < -0.3 is 35.7 Å². The first-order valence-corrected chi connectivity index (χ1v) is 29.0. The molecule has 0 radical (unpaired) electrons. The minimum absolute atomic E-state index is 0.104. The molecule has 6 aliphatic carbocycles. The number of aliphatic hydroxyl groups excluding tert-OH is 3. The van der Waals surface area contributed by atoms with Crippen molar-refractivity contribution in [2.45, 2.75) is 95.4 Å². The van der Waals surface area contributed by atoms with Crippen LogP contribution in [0.5, 0.6) is 0 Å². The van der Waals surface area contributed by atoms with Gasteiger partial charge in [-0.1, -0.05) is 119 Å². The monoisotopic (exact) mass is 1440 g/mol. The zero-order valence-electron chi connectivity index (χ0n) is 41.7. The lowest BCUT2D eigenvalue weighted by Gasteiger charge is -2.07. The maximum atomic E-state index is 11.8. The number of ketones is 4. The predicted octanol–water partition coefficient (Wildman–Crippen LogP) is 11.3. The Bertz CT molecular complexity index is 3280. The van der Waals surface area contributed by atoms with Gasteiger partial charge in [-0.2, -0.15) is 0 Å². The van der Waals surface area contributed by atoms with Crippen molar-refractivity contribution in [3.05, 3.63) is 203 Å². The van der Waals surface area contributed by atoms with Crippen LogP contribution in [-0.4, -0.2) is 91.8 Å². The molecule has 78 heavy (non-hydrogen) atoms. The molecule has 2 unspecified atom stereocenters. The molecule has 14 nitrogen and oxygen atoms in total. The minimum Gasteiger partial charge on any atom is -0.454 e. The molecule has 0 spiro atoms. The average Bonchev–Trinajstić information content (AvgIpc) is 4.20. The van der Waals surface area contributed by atoms with Crippen molar-refractivity contribution in [1.29, 1.82) is 0 Å². The lowest BCUT2D eigenvalue weighted by molar-refractivity contribution is -0.144. The number of fused-ring (bicyclic) bond motifs is 6. The van der Waals surface area contributed by atoms with Gasteiger partial charge in [0, 0.05) is 107 Å². The molecule has 6 aromatic carbocycles. The minimum atomic E-state index is -0.825. The van der Waals surface area contributed by atoms with E-state index in [-0.39, 0.29) is 29.2 Å². The third-order valence-electron chi connectivity index (χ3n) is 13.2. The Balaban J connectivity index is 0.000000136. The number of rotatable bonds is 2. The summed E-state index contributed by atoms with van der Waals surface area (Å²) in [4.78, 5) is 67.5. The Morgan fingerprint density at radius 3 is 1.31 bits per heavy atom. The van der Waals surface area contributed by atoms with Gasteiger partial charge in [-0.25, -0.2) is 0 Å². The van der Waals surface area contributed by atoms with Gasteiger partial charge in [0.15, 0.2) is 23.8 Å². The van der Waals surface area contributed by atoms with E-state index in [1.54, 1.807) is 18.2 Å². The zero-order valence-corrected chi connectivity index (χ0v) is 51.2. The van der Waals surface area contributed by atoms with Crippen LogP contribution in [0.1, 0.15) is 112 Å². The number of nitrogens with zero attached hydrogens (tertiary/aromatic N) is 1. The smallest absolute Gasteiger partial charge is 0.303 e. The second kappa shape index (κ2) is 27.1. The van der Waals surface area contributed by atoms with Crippen LogP contribution in [0.25, 0.3) is 0 Å². The number of aryl methyl sites for hydroxylation is 1. The Morgan fingerprint density at radius 2 is 0.846 bits per heavy atom. The van der Waals surface area contributed by atoms with E-state index in [9.17, 15) is 44.1 Å². The number of benzene rings is 6. The van der Waals surface area contributed by atoms with Gasteiger partial charge in [0.2, 0.25) is 11.6 Å². The number of oxime groups is 1. The fourth-order valence-corrected chi connectivity index (χ4v) is 12.0. The molecule has 6 atom stereocenters. The molecule has 0 aliphatic heterocycles. The van der Waals surface area contributed by atoms with Gasteiger partial charge in [-0.3, -0.25) is 28.8 Å². The van der Waals surface area contributed by atoms with Gasteiger partial charge in [0.1, 0.15) is 17.9 Å². The van der Waals surface area contributed by atoms with Crippen molar-refractivity contribution in [2.24, 2.45) is 10.9 Å². The lowest BCUT2D eigenvalue weighted by Crippen LogP contribution is -2.22. The second-order valence-corrected chi connectivity index (χ2v) is 24.2. The number of aliphatic hydroxyl groups is 3. The standard InChI is InChI=1S/2C11H9BrO3.C9H8BrNO2.C9H10BrNO.C9H7BrO2.C9H7BrO/c2*1-6(13)15-10-5-7-4-8(12)2-3-9(7)11(10)14;10-6-1-2-7-5(3-6)4-8(12)9(7)11-13;10-6-1-2-7-5(3-6)4-8(12)9(7)11;10-6-1-2-7-5(3-6)4-8(11)9(7)12;10-7-2-3-8-6(5-7)1-4-9(8)11/h2*2-4,10H,5H2,1H3;1-3,8,12-13H,4H2;1-3,8-9,12H,4,11H2;1-3,8,11H,4H2;2-3,5H,1,4H2/b;;11-9+;;;/t10-;;8-;8-,9?;8-;/m0.000./s1. The van der Waals surface area contributed by atoms with Crippen molar-refractivity contribution in [3.8, 4) is 0 Å². The summed E-state index contributed by atoms with van der Waals surface area (Å²) in [7, 11) is 0. The molecule has 6 N–H and O–H groups in total. The van der Waals surface area contributed by atoms with Gasteiger partial charge in [-0.15, -0.1) is 0 Å². The topological polar surface area (TPSA) is 240 Å². The molecule has 406 valence electrons. The van der Waals surface area contributed by atoms with Gasteiger partial charge in [-0.05, 0) is 136 Å². The van der Waals surface area contributed by atoms with Crippen LogP contribution in [0, 0.1) is 0 Å². The highest BCUT2D eigenvalue weighted by Crippen LogP contribution is 2.33. The summed E-state index contributed by atoms with van der Waals surface area (Å²) in [5.41, 5.74) is 17.1. The van der Waals surface area contributed by atoms with Crippen LogP contribution in [0.2, 0.25) is 0 Å². The van der Waals surface area contributed by atoms with Crippen molar-refractivity contribution in [1.82, 2.24) is 0 Å². The molecule has 0 amide bonds. The fourth-order valence-electron chi connectivity index (χ4n) is 9.56. The van der Waals surface area contributed by atoms with E-state index in [0.717, 1.165) is 77.8 Å². The van der Waals surface area contributed by atoms with Gasteiger partial charge in [0.05, 0.1) is 12.1 Å². The quantitative estimate of drug-likeness (QED) is 0.0617. The van der Waals surface area contributed by atoms with Crippen LogP contribution in [0.15, 0.2) is 141 Å². The highest BCUT2D eigenvalue weighted by Gasteiger charge is 2.35. The van der Waals surface area contributed by atoms with Gasteiger partial charge >= 0.3 is 11.9 Å². The molecule has 0 heterocycles. The Morgan fingerprint density at radius 1 is 0.474 bits per heavy atom. The van der Waals surface area contributed by atoms with E-state index >= 15 is 0 Å². The molecule has 0 saturated carbocycles. The normalized spacial score (nSPS) is 20.7. The number of carbonyl (C=O) groups is 6. The van der Waals surface area contributed by atoms with E-state index < -0.39 is 42.5 Å². The molecule has 6 aliphatic rings. The summed E-state index contributed by atoms with van der Waals surface area (Å²) in [5.74, 6) is -0.911. The van der Waals surface area contributed by atoms with E-state index in [2.05, 4.69) is 101 Å². The number of carbonyl (C=O) groups excluding carboxylic acids is 6. The Labute approximate surface area is 500 Å². The van der Waals surface area contributed by atoms with Crippen LogP contribution >= 0.6 is 95.6 Å². The summed E-state index contributed by atoms with van der Waals surface area (Å²) in [6.45, 7) is 2.62. The van der Waals surface area contributed by atoms with Crippen molar-refractivity contribution in [2.75, 3.05) is 0 Å². The number of hydrogen-bond acceptors (Lipinski definition) is 14. The zero-order chi connectivity index (χ0) is 56.7. The molecular formula is C58H50Br6N2O12. The maximum absolute atomic E-state index is 11.8. The molecule has 0 aromatic heterocycles. The summed E-state index contributed by atoms with van der Waals surface area (Å²) in [6, 6.07) is 33.6. The molecule has 0 fully saturated rings. The summed E-state index contributed by atoms with van der Waals surface area (Å²) in [5, 5.41) is 40.0. The number of nitrogens with two attached hydrogens (primary N) is 1. The van der Waals surface area contributed by atoms with E-state index in [4.69, 9.17) is 20.4 Å². The highest BCUT2D eigenvalue weighted by atomic mass is 79.9. The summed E-state index contributed by atoms with van der Waals surface area (Å²) >= 11 is 20.1. The highest BCUT2D eigenvalue weighted by molar-refractivity contribution is 9.11. The third kappa shape index (κ3) is 15.1. The molecule has 12 rings (SSSR count). The maximum Gasteiger partial charge on any atom is 0.303 e. The number of Topliss-reactive ketones (excluding diaryl/α,β-unsaturated/α-hetero) is 4. The average molecular weight is 1450 g/mol. The van der Waals surface area contributed by atoms with Gasteiger partial charge in [0.25, 0.3) is 0 Å². The Hall–Kier alpha value is -4.87. The third-order valence-corrected chi connectivity index (χ3v) is 16.2. The molecule has 6 aromatic rings. The largest absolute Gasteiger partial charge is 0.454 e. The predicted molar refractivity (Wildman–Crippen MR) is 313 cm³/mol. The second-order valence-electron chi connectivity index (χ2n) is 18.7. The van der Waals surface area contributed by atoms with E-state index in [1.807, 2.05) is 91.0 Å². The fraction of sp³-hybridized carbons (Fsp3) is 0.259. The first kappa shape index (κ1) is 60.8. The molecule has 0 bridgehead atoms. The SMILES string of the molecule is CC(=O)OC1Cc2cc(Br)ccc2C1=O.CC(=O)O[C@H]1Cc2cc(Br)ccc2C1=O.NC1c2ccc(Br)cc2C[C@@H]1O.O/N=C1\c2ccc(Br)cc2C[C@@H]1O.O=C1CCc2cc(Br)ccc21.O=C1c2ccc(Br)cc2C[C@@H]1O. The van der Waals surface area contributed by atoms with Crippen molar-refractivity contribution < 1.29 is 58.8 Å². The van der Waals surface area contributed by atoms with Crippen LogP contribution < -0.4 is 5.73 Å². The molecule has 0 saturated heterocycles. The lowest BCUT2D eigenvalue weighted by atomic mass is 10.1. The first-order chi connectivity index (χ1) is 37.0. The molecular weight excluding hydrogens is 1400 g/mol. The number of esters is 2. The van der Waals surface area contributed by atoms with E-state index in [1.165, 1.54) is 19.4 Å². The first-order valence-electron chi connectivity index (χ1n) is 24.2. The summed E-state index contributed by atoms with van der Waals surface area (Å²) in [6.07, 6.45) is 1.04. The Kier molecular flexibility index (Phi) is 21.1. The van der Waals surface area contributed by atoms with Crippen molar-refractivity contribution in [3.63, 3.8) is 0 Å². The summed E-state index contributed by atoms with van der Waals surface area (Å²) < 4.78 is 15.8. The van der Waals surface area contributed by atoms with Crippen molar-refractivity contribution >= 4 is 136 Å². The van der Waals surface area contributed by atoms with E-state index in [0.29, 0.717) is 60.9 Å². The van der Waals surface area contributed by atoms with Crippen LogP contribution in [0.3, 0.4) is 0 Å². The van der Waals surface area contributed by atoms with Crippen LogP contribution in [0.4, 0.5) is 0 Å². The number of halogens is 6.